The summed E-state index contributed by atoms with van der Waals surface area (Å²) >= 11 is 8.59. The molecule has 0 radical (unpaired) electrons. The summed E-state index contributed by atoms with van der Waals surface area (Å²) < 4.78 is 4.75. The predicted octanol–water partition coefficient (Wildman–Crippen LogP) is 1.68. The Morgan fingerprint density at radius 3 is 2.92 bits per heavy atom. The Morgan fingerprint density at radius 1 is 1.75 bits per heavy atom. The summed E-state index contributed by atoms with van der Waals surface area (Å²) in [5.74, 6) is -0.542. The Kier molecular flexibility index (Phi) is 2.99. The summed E-state index contributed by atoms with van der Waals surface area (Å²) in [5, 5.41) is 0.211. The van der Waals surface area contributed by atoms with Crippen LogP contribution >= 0.6 is 27.5 Å². The second kappa shape index (κ2) is 3.82. The molecule has 0 aromatic carbocycles. The van der Waals surface area contributed by atoms with Gasteiger partial charge in [-0.25, -0.2) is 14.8 Å². The van der Waals surface area contributed by atoms with Crippen molar-refractivity contribution in [1.29, 1.82) is 0 Å². The van der Waals surface area contributed by atoms with Crippen LogP contribution in [-0.2, 0) is 4.74 Å². The average Bonchev–Trinajstić information content (AvgIpc) is 2.08. The van der Waals surface area contributed by atoms with Gasteiger partial charge in [-0.15, -0.1) is 0 Å². The van der Waals surface area contributed by atoms with Crippen LogP contribution in [-0.4, -0.2) is 23.0 Å². The molecule has 0 aliphatic heterocycles. The zero-order valence-corrected chi connectivity index (χ0v) is 8.39. The number of esters is 1. The number of hydrogen-bond acceptors (Lipinski definition) is 4. The van der Waals surface area contributed by atoms with Gasteiger partial charge in [0.2, 0.25) is 0 Å². The zero-order chi connectivity index (χ0) is 9.14. The number of aromatic nitrogens is 2. The van der Waals surface area contributed by atoms with E-state index in [1.807, 2.05) is 0 Å². The molecule has 0 amide bonds. The summed E-state index contributed by atoms with van der Waals surface area (Å²) in [4.78, 5) is 18.4. The van der Waals surface area contributed by atoms with Crippen molar-refractivity contribution in [3.63, 3.8) is 0 Å². The van der Waals surface area contributed by atoms with Gasteiger partial charge in [0.05, 0.1) is 13.3 Å². The number of carbonyl (C=O) groups is 1. The van der Waals surface area contributed by atoms with Gasteiger partial charge in [-0.2, -0.15) is 0 Å². The van der Waals surface area contributed by atoms with E-state index in [0.29, 0.717) is 4.60 Å². The Balaban J connectivity index is 3.05. The van der Waals surface area contributed by atoms with E-state index in [2.05, 4.69) is 30.6 Å². The quantitative estimate of drug-likeness (QED) is 0.713. The lowest BCUT2D eigenvalue weighted by molar-refractivity contribution is 0.0593. The molecule has 0 unspecified atom stereocenters. The maximum absolute atomic E-state index is 10.9. The molecule has 1 rings (SSSR count). The van der Waals surface area contributed by atoms with Crippen LogP contribution in [0.5, 0.6) is 0 Å². The standard InChI is InChI=1S/C6H4BrClN2O2/c1-12-6(11)3-2-9-5(8)4(7)10-3/h2H,1H3. The van der Waals surface area contributed by atoms with E-state index in [4.69, 9.17) is 11.6 Å². The van der Waals surface area contributed by atoms with Gasteiger partial charge in [-0.3, -0.25) is 0 Å². The average molecular weight is 251 g/mol. The molecule has 0 aliphatic carbocycles. The maximum Gasteiger partial charge on any atom is 0.358 e. The Hall–Kier alpha value is -0.680. The lowest BCUT2D eigenvalue weighted by atomic mass is 10.5. The molecule has 0 bridgehead atoms. The third-order valence-electron chi connectivity index (χ3n) is 1.08. The van der Waals surface area contributed by atoms with E-state index in [9.17, 15) is 4.79 Å². The number of rotatable bonds is 1. The molecule has 12 heavy (non-hydrogen) atoms. The minimum Gasteiger partial charge on any atom is -0.464 e. The first kappa shape index (κ1) is 9.41. The first-order chi connectivity index (χ1) is 5.65. The summed E-state index contributed by atoms with van der Waals surface area (Å²) in [6.07, 6.45) is 1.25. The van der Waals surface area contributed by atoms with E-state index in [-0.39, 0.29) is 10.8 Å². The molecule has 0 atom stereocenters. The lowest BCUT2D eigenvalue weighted by Crippen LogP contribution is -2.05. The minimum atomic E-state index is -0.542. The van der Waals surface area contributed by atoms with E-state index in [0.717, 1.165) is 0 Å². The van der Waals surface area contributed by atoms with Crippen molar-refractivity contribution in [2.75, 3.05) is 7.11 Å². The fraction of sp³-hybridized carbons (Fsp3) is 0.167. The maximum atomic E-state index is 10.9. The molecule has 1 aromatic heterocycles. The summed E-state index contributed by atoms with van der Waals surface area (Å²) in [7, 11) is 1.27. The highest BCUT2D eigenvalue weighted by molar-refractivity contribution is 9.10. The van der Waals surface area contributed by atoms with Crippen LogP contribution in [0.3, 0.4) is 0 Å². The van der Waals surface area contributed by atoms with Gasteiger partial charge >= 0.3 is 5.97 Å². The number of ether oxygens (including phenoxy) is 1. The predicted molar refractivity (Wildman–Crippen MR) is 46.1 cm³/mol. The van der Waals surface area contributed by atoms with Crippen LogP contribution in [0.1, 0.15) is 10.5 Å². The van der Waals surface area contributed by atoms with Crippen molar-refractivity contribution in [2.24, 2.45) is 0 Å². The summed E-state index contributed by atoms with van der Waals surface area (Å²) in [6.45, 7) is 0. The lowest BCUT2D eigenvalue weighted by Gasteiger charge is -1.98. The molecule has 1 heterocycles. The summed E-state index contributed by atoms with van der Waals surface area (Å²) in [6, 6.07) is 0. The van der Waals surface area contributed by atoms with Gasteiger partial charge in [0.15, 0.2) is 10.8 Å². The smallest absolute Gasteiger partial charge is 0.358 e. The first-order valence-electron chi connectivity index (χ1n) is 2.91. The minimum absolute atomic E-state index is 0.119. The van der Waals surface area contributed by atoms with Crippen LogP contribution in [0.25, 0.3) is 0 Å². The molecule has 0 saturated heterocycles. The third-order valence-corrected chi connectivity index (χ3v) is 2.14. The Morgan fingerprint density at radius 2 is 2.42 bits per heavy atom. The van der Waals surface area contributed by atoms with Crippen LogP contribution in [0, 0.1) is 0 Å². The zero-order valence-electron chi connectivity index (χ0n) is 6.04. The number of carbonyl (C=O) groups excluding carboxylic acids is 1. The monoisotopic (exact) mass is 250 g/mol. The number of hydrogen-bond donors (Lipinski definition) is 0. The largest absolute Gasteiger partial charge is 0.464 e. The van der Waals surface area contributed by atoms with E-state index in [1.54, 1.807) is 0 Å². The molecule has 64 valence electrons. The molecule has 0 aliphatic rings. The van der Waals surface area contributed by atoms with Crippen molar-refractivity contribution in [3.05, 3.63) is 21.6 Å². The second-order valence-corrected chi connectivity index (χ2v) is 2.94. The van der Waals surface area contributed by atoms with Crippen molar-refractivity contribution < 1.29 is 9.53 Å². The van der Waals surface area contributed by atoms with Crippen molar-refractivity contribution in [3.8, 4) is 0 Å². The Labute approximate surface area is 82.0 Å². The van der Waals surface area contributed by atoms with Crippen LogP contribution in [0.2, 0.25) is 5.15 Å². The van der Waals surface area contributed by atoms with Gasteiger partial charge in [-0.05, 0) is 15.9 Å². The SMILES string of the molecule is COC(=O)c1cnc(Cl)c(Br)n1. The van der Waals surface area contributed by atoms with Gasteiger partial charge < -0.3 is 4.74 Å². The molecule has 0 saturated carbocycles. The normalized spacial score (nSPS) is 9.58. The van der Waals surface area contributed by atoms with Gasteiger partial charge in [0.25, 0.3) is 0 Å². The highest BCUT2D eigenvalue weighted by Crippen LogP contribution is 2.16. The molecule has 4 nitrogen and oxygen atoms in total. The van der Waals surface area contributed by atoms with Crippen LogP contribution in [0.4, 0.5) is 0 Å². The molecule has 0 fully saturated rings. The molecule has 0 spiro atoms. The number of nitrogens with zero attached hydrogens (tertiary/aromatic N) is 2. The molecule has 0 N–H and O–H groups in total. The van der Waals surface area contributed by atoms with E-state index >= 15 is 0 Å². The van der Waals surface area contributed by atoms with E-state index in [1.165, 1.54) is 13.3 Å². The highest BCUT2D eigenvalue weighted by Gasteiger charge is 2.09. The third kappa shape index (κ3) is 1.92. The van der Waals surface area contributed by atoms with Gasteiger partial charge in [0.1, 0.15) is 4.60 Å². The van der Waals surface area contributed by atoms with Crippen molar-refractivity contribution in [2.45, 2.75) is 0 Å². The van der Waals surface area contributed by atoms with Gasteiger partial charge in [-0.1, -0.05) is 11.6 Å². The summed E-state index contributed by atoms with van der Waals surface area (Å²) in [5.41, 5.74) is 0.119. The second-order valence-electron chi connectivity index (χ2n) is 1.83. The fourth-order valence-corrected chi connectivity index (χ4v) is 0.939. The van der Waals surface area contributed by atoms with Crippen molar-refractivity contribution in [1.82, 2.24) is 9.97 Å². The number of methoxy groups -OCH3 is 1. The van der Waals surface area contributed by atoms with E-state index < -0.39 is 5.97 Å². The fourth-order valence-electron chi connectivity index (χ4n) is 0.555. The highest BCUT2D eigenvalue weighted by atomic mass is 79.9. The van der Waals surface area contributed by atoms with Gasteiger partial charge in [0, 0.05) is 0 Å². The van der Waals surface area contributed by atoms with Crippen LogP contribution < -0.4 is 0 Å². The molecule has 6 heteroatoms. The Bertz CT molecular complexity index is 318. The van der Waals surface area contributed by atoms with Crippen LogP contribution in [0.15, 0.2) is 10.8 Å². The van der Waals surface area contributed by atoms with Crippen molar-refractivity contribution >= 4 is 33.5 Å². The molecular weight excluding hydrogens is 247 g/mol. The molecular formula is C6H4BrClN2O2. The molecule has 1 aromatic rings. The first-order valence-corrected chi connectivity index (χ1v) is 4.08. The topological polar surface area (TPSA) is 52.1 Å². The number of halogens is 2.